The van der Waals surface area contributed by atoms with E-state index >= 15 is 0 Å². The van der Waals surface area contributed by atoms with Gasteiger partial charge in [0.2, 0.25) is 11.8 Å². The molecule has 7 nitrogen and oxygen atoms in total. The molecular weight excluding hydrogens is 663 g/mol. The van der Waals surface area contributed by atoms with Crippen molar-refractivity contribution in [1.82, 2.24) is 10.2 Å². The van der Waals surface area contributed by atoms with Gasteiger partial charge in [0, 0.05) is 19.5 Å². The number of alkyl halides is 3. The Labute approximate surface area is 284 Å². The summed E-state index contributed by atoms with van der Waals surface area (Å²) in [6.45, 7) is 3.23. The molecule has 0 heterocycles. The molecule has 1 atom stereocenters. The van der Waals surface area contributed by atoms with E-state index in [1.54, 1.807) is 30.3 Å². The molecule has 2 amide bonds. The lowest BCUT2D eigenvalue weighted by Gasteiger charge is -2.34. The number of hydrogen-bond donors (Lipinski definition) is 1. The second-order valence-corrected chi connectivity index (χ2v) is 13.6. The van der Waals surface area contributed by atoms with E-state index in [0.29, 0.717) is 28.9 Å². The van der Waals surface area contributed by atoms with E-state index in [1.807, 2.05) is 44.2 Å². The lowest BCUT2D eigenvalue weighted by Crippen LogP contribution is -2.53. The van der Waals surface area contributed by atoms with Gasteiger partial charge in [0.05, 0.1) is 21.2 Å². The van der Waals surface area contributed by atoms with Gasteiger partial charge in [0.25, 0.3) is 10.0 Å². The quantitative estimate of drug-likeness (QED) is 0.139. The zero-order chi connectivity index (χ0) is 34.9. The maximum absolute atomic E-state index is 14.5. The molecule has 0 fully saturated rings. The molecule has 1 N–H and O–H groups in total. The van der Waals surface area contributed by atoms with E-state index in [-0.39, 0.29) is 22.9 Å². The standard InChI is InChI=1S/C36H37ClF3N3O4S/c1-3-4-21-41-35(45)33(22-27-11-7-5-8-12-27)42(24-28-17-15-26(2)16-18-28)34(44)25-43(48(46,47)30-13-9-6-10-14-30)32-23-29(36(38,39)40)19-20-31(32)37/h5-20,23,33H,3-4,21-22,24-25H2,1-2H3,(H,41,45)/t33-/m1/s1. The number of anilines is 1. The third kappa shape index (κ3) is 9.38. The van der Waals surface area contributed by atoms with Gasteiger partial charge in [-0.1, -0.05) is 103 Å². The maximum atomic E-state index is 14.5. The molecule has 0 bridgehead atoms. The van der Waals surface area contributed by atoms with Gasteiger partial charge in [-0.15, -0.1) is 0 Å². The Bertz CT molecular complexity index is 1790. The number of amides is 2. The van der Waals surface area contributed by atoms with Crippen molar-refractivity contribution in [2.24, 2.45) is 0 Å². The van der Waals surface area contributed by atoms with Crippen molar-refractivity contribution in [3.63, 3.8) is 0 Å². The molecular formula is C36H37ClF3N3O4S. The van der Waals surface area contributed by atoms with Gasteiger partial charge in [-0.05, 0) is 54.8 Å². The fraction of sp³-hybridized carbons (Fsp3) is 0.278. The maximum Gasteiger partial charge on any atom is 0.416 e. The number of nitrogens with zero attached hydrogens (tertiary/aromatic N) is 2. The van der Waals surface area contributed by atoms with E-state index in [0.717, 1.165) is 29.7 Å². The summed E-state index contributed by atoms with van der Waals surface area (Å²) in [6, 6.07) is 24.6. The number of hydrogen-bond acceptors (Lipinski definition) is 4. The van der Waals surface area contributed by atoms with Crippen LogP contribution in [-0.4, -0.2) is 44.3 Å². The number of aryl methyl sites for hydroxylation is 1. The Balaban J connectivity index is 1.85. The monoisotopic (exact) mass is 699 g/mol. The van der Waals surface area contributed by atoms with Crippen LogP contribution < -0.4 is 9.62 Å². The summed E-state index contributed by atoms with van der Waals surface area (Å²) in [5.74, 6) is -1.25. The van der Waals surface area contributed by atoms with E-state index in [4.69, 9.17) is 11.6 Å². The van der Waals surface area contributed by atoms with Crippen LogP contribution in [0.1, 0.15) is 42.0 Å². The van der Waals surface area contributed by atoms with E-state index in [1.165, 1.54) is 29.2 Å². The second-order valence-electron chi connectivity index (χ2n) is 11.3. The Morgan fingerprint density at radius 3 is 2.10 bits per heavy atom. The molecule has 4 aromatic rings. The van der Waals surface area contributed by atoms with E-state index < -0.39 is 51.9 Å². The Hall–Kier alpha value is -4.35. The molecule has 0 spiro atoms. The third-order valence-electron chi connectivity index (χ3n) is 7.73. The van der Waals surface area contributed by atoms with Gasteiger partial charge < -0.3 is 10.2 Å². The average molecular weight is 700 g/mol. The molecule has 0 aliphatic rings. The van der Waals surface area contributed by atoms with Gasteiger partial charge in [-0.3, -0.25) is 13.9 Å². The van der Waals surface area contributed by atoms with Gasteiger partial charge in [-0.25, -0.2) is 8.42 Å². The molecule has 0 aliphatic carbocycles. The molecule has 0 saturated carbocycles. The summed E-state index contributed by atoms with van der Waals surface area (Å²) in [7, 11) is -4.63. The van der Waals surface area contributed by atoms with Crippen molar-refractivity contribution in [3.8, 4) is 0 Å². The topological polar surface area (TPSA) is 86.8 Å². The van der Waals surface area contributed by atoms with E-state index in [2.05, 4.69) is 5.32 Å². The summed E-state index contributed by atoms with van der Waals surface area (Å²) in [6.07, 6.45) is -3.20. The van der Waals surface area contributed by atoms with Crippen molar-refractivity contribution in [2.45, 2.75) is 56.8 Å². The first-order chi connectivity index (χ1) is 22.8. The highest BCUT2D eigenvalue weighted by Crippen LogP contribution is 2.37. The Morgan fingerprint density at radius 1 is 0.875 bits per heavy atom. The Kier molecular flexibility index (Phi) is 12.3. The number of halogens is 4. The van der Waals surface area contributed by atoms with Crippen molar-refractivity contribution >= 4 is 39.1 Å². The van der Waals surface area contributed by atoms with Crippen LogP contribution >= 0.6 is 11.6 Å². The Morgan fingerprint density at radius 2 is 1.50 bits per heavy atom. The molecule has 48 heavy (non-hydrogen) atoms. The minimum absolute atomic E-state index is 0.0760. The molecule has 0 radical (unpaired) electrons. The highest BCUT2D eigenvalue weighted by Gasteiger charge is 2.37. The fourth-order valence-corrected chi connectivity index (χ4v) is 6.78. The van der Waals surface area contributed by atoms with Crippen LogP contribution in [0.25, 0.3) is 0 Å². The molecule has 4 aromatic carbocycles. The van der Waals surface area contributed by atoms with Crippen LogP contribution in [0.4, 0.5) is 18.9 Å². The normalized spacial score (nSPS) is 12.3. The summed E-state index contributed by atoms with van der Waals surface area (Å²) < 4.78 is 70.3. The third-order valence-corrected chi connectivity index (χ3v) is 9.82. The molecule has 4 rings (SSSR count). The largest absolute Gasteiger partial charge is 0.416 e. The molecule has 12 heteroatoms. The first-order valence-corrected chi connectivity index (χ1v) is 17.2. The first kappa shape index (κ1) is 36.5. The molecule has 254 valence electrons. The number of sulfonamides is 1. The molecule has 0 aliphatic heterocycles. The number of rotatable bonds is 14. The molecule has 0 unspecified atom stereocenters. The van der Waals surface area contributed by atoms with Crippen molar-refractivity contribution in [3.05, 3.63) is 130 Å². The van der Waals surface area contributed by atoms with Crippen LogP contribution in [0.3, 0.4) is 0 Å². The molecule has 0 saturated heterocycles. The van der Waals surface area contributed by atoms with E-state index in [9.17, 15) is 31.2 Å². The SMILES string of the molecule is CCCCNC(=O)[C@@H](Cc1ccccc1)N(Cc1ccc(C)cc1)C(=O)CN(c1cc(C(F)(F)F)ccc1Cl)S(=O)(=O)c1ccccc1. The zero-order valence-corrected chi connectivity index (χ0v) is 28.2. The minimum atomic E-state index is -4.82. The predicted octanol–water partition coefficient (Wildman–Crippen LogP) is 7.42. The highest BCUT2D eigenvalue weighted by molar-refractivity contribution is 7.92. The number of nitrogens with one attached hydrogen (secondary N) is 1. The van der Waals surface area contributed by atoms with Crippen molar-refractivity contribution in [1.29, 1.82) is 0 Å². The lowest BCUT2D eigenvalue weighted by molar-refractivity contribution is -0.140. The van der Waals surface area contributed by atoms with Gasteiger partial charge in [0.15, 0.2) is 0 Å². The van der Waals surface area contributed by atoms with Crippen molar-refractivity contribution in [2.75, 3.05) is 17.4 Å². The number of unbranched alkanes of at least 4 members (excludes halogenated alkanes) is 1. The average Bonchev–Trinajstić information content (AvgIpc) is 3.06. The minimum Gasteiger partial charge on any atom is -0.354 e. The second kappa shape index (κ2) is 16.2. The van der Waals surface area contributed by atoms with Crippen LogP contribution in [0, 0.1) is 6.92 Å². The van der Waals surface area contributed by atoms with Crippen molar-refractivity contribution < 1.29 is 31.2 Å². The van der Waals surface area contributed by atoms with Crippen LogP contribution in [0.15, 0.2) is 108 Å². The number of carbonyl (C=O) groups excluding carboxylic acids is 2. The molecule has 0 aromatic heterocycles. The summed E-state index contributed by atoms with van der Waals surface area (Å²) in [5.41, 5.74) is 0.726. The smallest absolute Gasteiger partial charge is 0.354 e. The summed E-state index contributed by atoms with van der Waals surface area (Å²) >= 11 is 6.37. The lowest BCUT2D eigenvalue weighted by atomic mass is 10.0. The summed E-state index contributed by atoms with van der Waals surface area (Å²) in [5, 5.41) is 2.59. The van der Waals surface area contributed by atoms with Crippen LogP contribution in [0.5, 0.6) is 0 Å². The predicted molar refractivity (Wildman–Crippen MR) is 181 cm³/mol. The van der Waals surface area contributed by atoms with Gasteiger partial charge in [0.1, 0.15) is 12.6 Å². The fourth-order valence-electron chi connectivity index (χ4n) is 5.06. The van der Waals surface area contributed by atoms with Gasteiger partial charge >= 0.3 is 6.18 Å². The first-order valence-electron chi connectivity index (χ1n) is 15.4. The van der Waals surface area contributed by atoms with Gasteiger partial charge in [-0.2, -0.15) is 13.2 Å². The van der Waals surface area contributed by atoms with Crippen LogP contribution in [0.2, 0.25) is 5.02 Å². The number of carbonyl (C=O) groups is 2. The zero-order valence-electron chi connectivity index (χ0n) is 26.6. The number of benzene rings is 4. The van der Waals surface area contributed by atoms with Crippen LogP contribution in [-0.2, 0) is 38.8 Å². The highest BCUT2D eigenvalue weighted by atomic mass is 35.5. The summed E-state index contributed by atoms with van der Waals surface area (Å²) in [4.78, 5) is 29.4.